The molecule has 0 radical (unpaired) electrons. The Bertz CT molecular complexity index is 3500. The van der Waals surface area contributed by atoms with Crippen LogP contribution >= 0.6 is 0 Å². The number of benzene rings is 2. The molecule has 3 saturated heterocycles. The van der Waals surface area contributed by atoms with Crippen LogP contribution in [0.25, 0.3) is 10.8 Å². The van der Waals surface area contributed by atoms with Gasteiger partial charge in [0.2, 0.25) is 5.91 Å². The average molecular weight is 1430 g/mol. The molecule has 4 bridgehead atoms. The first kappa shape index (κ1) is 80.7. The Balaban J connectivity index is 0.000000281. The van der Waals surface area contributed by atoms with Gasteiger partial charge in [-0.25, -0.2) is 0 Å². The number of amides is 2. The molecule has 6 aliphatic heterocycles. The Kier molecular flexibility index (Phi) is 26.7. The van der Waals surface area contributed by atoms with Crippen molar-refractivity contribution < 1.29 is 118 Å². The first-order valence-corrected chi connectivity index (χ1v) is 34.3. The fraction of sp³-hybridized carbons (Fsp3) is 0.706. The first-order chi connectivity index (χ1) is 47.5. The van der Waals surface area contributed by atoms with Crippen LogP contribution in [-0.2, 0) is 47.5 Å². The number of phenols is 2. The molecule has 566 valence electrons. The lowest BCUT2D eigenvalue weighted by Crippen LogP contribution is -2.69. The second kappa shape index (κ2) is 33.4. The number of hydrogen-bond donors (Lipinski definition) is 18. The summed E-state index contributed by atoms with van der Waals surface area (Å²) in [7, 11) is 1.47. The van der Waals surface area contributed by atoms with Gasteiger partial charge in [0.1, 0.15) is 95.8 Å². The summed E-state index contributed by atoms with van der Waals surface area (Å²) in [6.45, 7) is 18.6. The molecule has 2 aromatic rings. The number of rotatable bonds is 14. The number of likely N-dealkylation sites (tertiary alicyclic amines) is 1. The maximum atomic E-state index is 14.7. The van der Waals surface area contributed by atoms with Gasteiger partial charge in [-0.05, 0) is 45.2 Å². The fourth-order valence-electron chi connectivity index (χ4n) is 14.3. The minimum atomic E-state index is -1.96. The number of anilines is 1. The van der Waals surface area contributed by atoms with Gasteiger partial charge in [0.15, 0.2) is 24.0 Å². The average Bonchev–Trinajstić information content (AvgIpc) is 1.56. The lowest BCUT2D eigenvalue weighted by atomic mass is 9.78. The molecule has 2 amide bonds. The summed E-state index contributed by atoms with van der Waals surface area (Å²) in [5, 5.41) is 135. The second-order valence-corrected chi connectivity index (χ2v) is 28.3. The van der Waals surface area contributed by atoms with Crippen LogP contribution in [0.2, 0.25) is 0 Å². The van der Waals surface area contributed by atoms with E-state index in [1.54, 1.807) is 65.8 Å². The van der Waals surface area contributed by atoms with Crippen molar-refractivity contribution in [2.45, 2.75) is 229 Å². The Morgan fingerprint density at radius 2 is 1.43 bits per heavy atom. The quantitative estimate of drug-likeness (QED) is 0.0640. The van der Waals surface area contributed by atoms with Gasteiger partial charge in [-0.3, -0.25) is 29.2 Å². The van der Waals surface area contributed by atoms with E-state index < -0.39 is 193 Å². The molecule has 9 rings (SSSR count). The number of ether oxygens (including phenoxy) is 8. The van der Waals surface area contributed by atoms with Crippen LogP contribution in [0.15, 0.2) is 46.1 Å². The summed E-state index contributed by atoms with van der Waals surface area (Å²) in [5.41, 5.74) is 22.5. The number of aromatic hydroxyl groups is 2. The number of piperidine rings is 1. The van der Waals surface area contributed by atoms with Crippen molar-refractivity contribution in [1.29, 1.82) is 0 Å². The number of nitrogens with one attached hydrogen (secondary N) is 2. The lowest BCUT2D eigenvalue weighted by molar-refractivity contribution is -0.332. The molecule has 33 nitrogen and oxygen atoms in total. The van der Waals surface area contributed by atoms with E-state index in [1.165, 1.54) is 27.2 Å². The Morgan fingerprint density at radius 1 is 0.792 bits per heavy atom. The Hall–Kier alpha value is -6.00. The molecule has 1 saturated carbocycles. The van der Waals surface area contributed by atoms with Crippen LogP contribution < -0.4 is 49.0 Å². The number of ketones is 1. The zero-order valence-electron chi connectivity index (χ0n) is 58.8. The number of nitrogens with two attached hydrogens (primary N) is 4. The highest BCUT2D eigenvalue weighted by atomic mass is 16.7. The summed E-state index contributed by atoms with van der Waals surface area (Å²) in [6.07, 6.45) is -14.8. The van der Waals surface area contributed by atoms with Gasteiger partial charge in [0.05, 0.1) is 59.6 Å². The highest BCUT2D eigenvalue weighted by Crippen LogP contribution is 2.50. The lowest BCUT2D eigenvalue weighted by Gasteiger charge is -2.49. The van der Waals surface area contributed by atoms with E-state index >= 15 is 0 Å². The number of carbonyl (C=O) groups is 4. The van der Waals surface area contributed by atoms with Crippen molar-refractivity contribution in [2.75, 3.05) is 51.8 Å². The van der Waals surface area contributed by atoms with E-state index in [2.05, 4.69) is 29.4 Å². The standard InChI is InChI=1S/C46H62N4O11.C22H43N5O13/c1-22(2)21-50-18-16-46(17-19-50)48-34-31-32-39(54)28(8)42-33(31)43(56)45(10,61-42)59-20-15-30(58-11)25(5)41(60-29(9)51)27(7)38(53)26(6)37(52)23(3)13-12-14-24(4)44(57)47-36(40(32)55)35(34)49-46;23-2-1-8(29)20(36)27-7-3-6(25)18(39-22-16(34)15(33)13(31)9(4-24)37-22)17(35)19(7)40-21-14(32)11(26)12(30)10(5-28)38-21/h12-15,20,22-23,25-27,30,37-38,41,52-55H,16-19,21H2,1-11H3,(H,47,57);6-19,21-22,28-35H,1-5,23-26H2,(H,27,36)/b13-12-,20-15-,24-14+;/t23-,25-,26+,27+,30-,37-,38+,41-,45-;6-,7+,8-,9+,10+,11-,12+,13+,14+,15-,16+,17-,18+,19-,21+,22+/m00/s1. The molecule has 4 fully saturated rings. The Labute approximate surface area is 584 Å². The van der Waals surface area contributed by atoms with Crippen LogP contribution in [0.3, 0.4) is 0 Å². The first-order valence-electron chi connectivity index (χ1n) is 34.3. The largest absolute Gasteiger partial charge is 0.507 e. The molecular weight excluding hydrogens is 1330 g/mol. The molecule has 0 unspecified atom stereocenters. The predicted octanol–water partition coefficient (Wildman–Crippen LogP) is -3.67. The van der Waals surface area contributed by atoms with Crippen molar-refractivity contribution in [3.05, 3.63) is 58.0 Å². The number of fused-ring (bicyclic) bond motifs is 1. The van der Waals surface area contributed by atoms with Gasteiger partial charge in [-0.15, -0.1) is 0 Å². The molecule has 101 heavy (non-hydrogen) atoms. The fourth-order valence-corrected chi connectivity index (χ4v) is 14.3. The summed E-state index contributed by atoms with van der Waals surface area (Å²) in [5.74, 6) is -7.29. The van der Waals surface area contributed by atoms with E-state index in [1.807, 2.05) is 0 Å². The molecular formula is C68H105N9O24. The number of phenolic OH excluding ortho intramolecular Hbond substituents is 2. The molecule has 33 heteroatoms. The topological polar surface area (TPSA) is 541 Å². The van der Waals surface area contributed by atoms with Crippen molar-refractivity contribution in [3.8, 4) is 17.2 Å². The van der Waals surface area contributed by atoms with Crippen LogP contribution in [0.5, 0.6) is 17.2 Å². The van der Waals surface area contributed by atoms with Crippen LogP contribution in [0.4, 0.5) is 5.69 Å². The van der Waals surface area contributed by atoms with Gasteiger partial charge < -0.3 is 138 Å². The van der Waals surface area contributed by atoms with Crippen molar-refractivity contribution in [3.63, 3.8) is 0 Å². The Morgan fingerprint density at radius 3 is 2.04 bits per heavy atom. The van der Waals surface area contributed by atoms with E-state index in [9.17, 15) is 80.5 Å². The monoisotopic (exact) mass is 1430 g/mol. The summed E-state index contributed by atoms with van der Waals surface area (Å²) in [6, 6.07) is -3.45. The van der Waals surface area contributed by atoms with Crippen molar-refractivity contribution in [1.82, 2.24) is 10.2 Å². The number of methoxy groups -OCH3 is 1. The summed E-state index contributed by atoms with van der Waals surface area (Å²) in [4.78, 5) is 66.2. The molecule has 25 atom stereocenters. The molecule has 22 N–H and O–H groups in total. The number of nitrogens with zero attached hydrogens (tertiary/aromatic N) is 3. The minimum absolute atomic E-state index is 0.0101. The predicted molar refractivity (Wildman–Crippen MR) is 359 cm³/mol. The maximum absolute atomic E-state index is 14.7. The second-order valence-electron chi connectivity index (χ2n) is 28.3. The molecule has 2 aromatic carbocycles. The highest BCUT2D eigenvalue weighted by Gasteiger charge is 2.54. The van der Waals surface area contributed by atoms with Crippen molar-refractivity contribution in [2.24, 2.45) is 62.5 Å². The minimum Gasteiger partial charge on any atom is -0.507 e. The van der Waals surface area contributed by atoms with Crippen molar-refractivity contribution >= 4 is 40.0 Å². The number of carbonyl (C=O) groups excluding carboxylic acids is 4. The SMILES string of the molecule is CO[C@H]1/C=C\O[C@@]2(C)Oc3c(C)c(O)c4c(O)c(c5c(c4c3C2=O)=NC2(CCN(CC(C)C)CC2)N=5)NC(=O)/C(C)=C/C=C\[C@H](C)[C@H](O)[C@@H](C)[C@@H](O)[C@@H](C)[C@@H](OC(C)=O)[C@H]1C.NCC[C@H](O)C(=O)N[C@@H]1C[C@H](N)[C@@H](O[C@H]2O[C@H](CN)[C@@H](O)[C@H](O)[C@H]2O)[C@H](O)[C@H]1O[C@H]1O[C@H](CO)[C@@H](O)[C@H](N)[C@H]1O. The van der Waals surface area contributed by atoms with E-state index in [0.717, 1.165) is 6.54 Å². The summed E-state index contributed by atoms with van der Waals surface area (Å²) >= 11 is 0. The molecule has 1 aliphatic carbocycles. The molecule has 6 heterocycles. The third-order valence-corrected chi connectivity index (χ3v) is 20.4. The zero-order valence-corrected chi connectivity index (χ0v) is 58.8. The van der Waals surface area contributed by atoms with Gasteiger partial charge >= 0.3 is 11.8 Å². The third kappa shape index (κ3) is 16.9. The maximum Gasteiger partial charge on any atom is 0.312 e. The third-order valence-electron chi connectivity index (χ3n) is 20.4. The molecule has 1 spiro atoms. The smallest absolute Gasteiger partial charge is 0.312 e. The molecule has 0 aromatic heterocycles. The van der Waals surface area contributed by atoms with Gasteiger partial charge in [0, 0.05) is 106 Å². The number of aliphatic hydroxyl groups excluding tert-OH is 10. The number of esters is 1. The zero-order chi connectivity index (χ0) is 74.8. The van der Waals surface area contributed by atoms with E-state index in [-0.39, 0.29) is 81.3 Å². The number of aliphatic hydroxyl groups is 10. The normalized spacial score (nSPS) is 38.4. The van der Waals surface area contributed by atoms with Gasteiger partial charge in [-0.2, -0.15) is 0 Å². The number of allylic oxidation sites excluding steroid dienone is 2. The summed E-state index contributed by atoms with van der Waals surface area (Å²) < 4.78 is 46.5. The van der Waals surface area contributed by atoms with Crippen LogP contribution in [0, 0.1) is 36.5 Å². The van der Waals surface area contributed by atoms with Gasteiger partial charge in [-0.1, -0.05) is 59.8 Å². The van der Waals surface area contributed by atoms with Crippen LogP contribution in [0.1, 0.15) is 104 Å². The van der Waals surface area contributed by atoms with Gasteiger partial charge in [0.25, 0.3) is 11.7 Å². The number of Topliss-reactive ketones (excluding diaryl/α,β-unsaturated/α-hetero) is 1. The highest BCUT2D eigenvalue weighted by molar-refractivity contribution is 6.19. The van der Waals surface area contributed by atoms with Crippen LogP contribution in [-0.4, -0.2) is 270 Å². The van der Waals surface area contributed by atoms with E-state index in [4.69, 9.17) is 70.8 Å². The van der Waals surface area contributed by atoms with E-state index in [0.29, 0.717) is 31.8 Å². The number of hydrogen-bond acceptors (Lipinski definition) is 31. The molecule has 7 aliphatic rings.